The Labute approximate surface area is 362 Å². The van der Waals surface area contributed by atoms with Gasteiger partial charge in [-0.25, -0.2) is 9.97 Å². The number of rotatable bonds is 5. The van der Waals surface area contributed by atoms with Gasteiger partial charge in [-0.15, -0.1) is 0 Å². The Morgan fingerprint density at radius 1 is 0.290 bits per heavy atom. The molecular weight excluding hydrogens is 749 g/mol. The lowest BCUT2D eigenvalue weighted by Crippen LogP contribution is -2.40. The lowest BCUT2D eigenvalue weighted by Gasteiger charge is -2.46. The molecule has 1 aromatic heterocycles. The third kappa shape index (κ3) is 5.50. The minimum absolute atomic E-state index is 0.120. The summed E-state index contributed by atoms with van der Waals surface area (Å²) >= 11 is 0. The lowest BCUT2D eigenvalue weighted by molar-refractivity contribution is 0.563. The number of benzene rings is 9. The third-order valence-corrected chi connectivity index (χ3v) is 13.5. The fraction of sp³-hybridized carbons (Fsp3) is 0.0667. The van der Waals surface area contributed by atoms with Crippen molar-refractivity contribution in [1.82, 2.24) is 9.97 Å². The van der Waals surface area contributed by atoms with E-state index >= 15 is 0 Å². The van der Waals surface area contributed by atoms with Crippen molar-refractivity contribution in [2.75, 3.05) is 0 Å². The van der Waals surface area contributed by atoms with Crippen molar-refractivity contribution in [3.8, 4) is 67.3 Å². The van der Waals surface area contributed by atoms with Gasteiger partial charge in [0.25, 0.3) is 0 Å². The SMILES string of the molecule is CC1(C)c2ccccc2C2(c3ccccc3-c3cc(-c4cccc(-c5cccc(-c6cc(-c7ccc8ccccc8c7)nc(-c7ccccc7)n6)c5)c4)ccc32)c2ccccc21. The van der Waals surface area contributed by atoms with Crippen LogP contribution in [0.2, 0.25) is 0 Å². The normalized spacial score (nSPS) is 13.9. The van der Waals surface area contributed by atoms with Crippen molar-refractivity contribution in [3.05, 3.63) is 252 Å². The summed E-state index contributed by atoms with van der Waals surface area (Å²) < 4.78 is 0. The summed E-state index contributed by atoms with van der Waals surface area (Å²) in [5, 5.41) is 2.40. The van der Waals surface area contributed by atoms with Crippen LogP contribution < -0.4 is 0 Å². The molecule has 0 bridgehead atoms. The maximum atomic E-state index is 5.17. The second-order valence-corrected chi connectivity index (χ2v) is 17.3. The van der Waals surface area contributed by atoms with Gasteiger partial charge >= 0.3 is 0 Å². The van der Waals surface area contributed by atoms with E-state index in [0.717, 1.165) is 39.2 Å². The van der Waals surface area contributed by atoms with Crippen LogP contribution in [0.4, 0.5) is 0 Å². The molecule has 2 aliphatic rings. The van der Waals surface area contributed by atoms with E-state index in [-0.39, 0.29) is 5.41 Å². The fourth-order valence-electron chi connectivity index (χ4n) is 10.6. The molecule has 0 aliphatic heterocycles. The molecule has 0 N–H and O–H groups in total. The standard InChI is InChI=1S/C60H42N2/c1-59(2)52-26-10-12-28-54(52)60(55-29-13-11-27-53(55)59)50-25-9-8-24-48(50)49-37-45(32-33-51(49)60)43-21-14-20-42(34-43)44-22-15-23-46(36-44)56-38-57(62-58(61-56)40-17-4-3-5-18-40)47-31-30-39-16-6-7-19-41(39)35-47/h3-38H,1-2H3. The van der Waals surface area contributed by atoms with E-state index < -0.39 is 5.41 Å². The third-order valence-electron chi connectivity index (χ3n) is 13.5. The van der Waals surface area contributed by atoms with Gasteiger partial charge in [0.15, 0.2) is 5.82 Å². The Kier molecular flexibility index (Phi) is 8.14. The first-order chi connectivity index (χ1) is 30.5. The van der Waals surface area contributed by atoms with Crippen LogP contribution in [0.15, 0.2) is 218 Å². The summed E-state index contributed by atoms with van der Waals surface area (Å²) in [4.78, 5) is 10.3. The summed E-state index contributed by atoms with van der Waals surface area (Å²) in [5.74, 6) is 0.711. The average molecular weight is 791 g/mol. The van der Waals surface area contributed by atoms with Gasteiger partial charge in [-0.05, 0) is 108 Å². The van der Waals surface area contributed by atoms with Crippen LogP contribution in [0, 0.1) is 0 Å². The number of fused-ring (bicyclic) bond motifs is 10. The molecule has 2 nitrogen and oxygen atoms in total. The van der Waals surface area contributed by atoms with Gasteiger partial charge in [0.2, 0.25) is 0 Å². The molecule has 0 atom stereocenters. The van der Waals surface area contributed by atoms with Crippen LogP contribution in [-0.4, -0.2) is 9.97 Å². The van der Waals surface area contributed by atoms with Crippen molar-refractivity contribution in [3.63, 3.8) is 0 Å². The van der Waals surface area contributed by atoms with Gasteiger partial charge in [-0.3, -0.25) is 0 Å². The van der Waals surface area contributed by atoms with Crippen LogP contribution in [0.25, 0.3) is 78.1 Å². The largest absolute Gasteiger partial charge is 0.228 e. The summed E-state index contributed by atoms with van der Waals surface area (Å²) in [5.41, 5.74) is 19.9. The molecule has 1 heterocycles. The predicted molar refractivity (Wildman–Crippen MR) is 256 cm³/mol. The molecule has 292 valence electrons. The summed E-state index contributed by atoms with van der Waals surface area (Å²) in [6.45, 7) is 4.76. The zero-order valence-electron chi connectivity index (χ0n) is 34.7. The van der Waals surface area contributed by atoms with E-state index in [1.54, 1.807) is 0 Å². The zero-order valence-corrected chi connectivity index (χ0v) is 34.7. The molecule has 2 heteroatoms. The summed E-state index contributed by atoms with van der Waals surface area (Å²) in [6.07, 6.45) is 0. The maximum Gasteiger partial charge on any atom is 0.160 e. The lowest BCUT2D eigenvalue weighted by atomic mass is 9.55. The second kappa shape index (κ2) is 13.9. The molecule has 0 amide bonds. The molecule has 62 heavy (non-hydrogen) atoms. The molecule has 1 spiro atoms. The quantitative estimate of drug-likeness (QED) is 0.174. The van der Waals surface area contributed by atoms with Crippen molar-refractivity contribution < 1.29 is 0 Å². The van der Waals surface area contributed by atoms with Crippen LogP contribution in [0.5, 0.6) is 0 Å². The molecule has 0 unspecified atom stereocenters. The highest BCUT2D eigenvalue weighted by Crippen LogP contribution is 2.62. The Hall–Kier alpha value is -7.68. The van der Waals surface area contributed by atoms with E-state index in [2.05, 4.69) is 214 Å². The minimum Gasteiger partial charge on any atom is -0.228 e. The Morgan fingerprint density at radius 2 is 0.758 bits per heavy atom. The van der Waals surface area contributed by atoms with Crippen molar-refractivity contribution >= 4 is 10.8 Å². The zero-order chi connectivity index (χ0) is 41.4. The first-order valence-electron chi connectivity index (χ1n) is 21.6. The van der Waals surface area contributed by atoms with Crippen LogP contribution in [0.3, 0.4) is 0 Å². The number of aromatic nitrogens is 2. The number of hydrogen-bond donors (Lipinski definition) is 0. The topological polar surface area (TPSA) is 25.8 Å². The molecule has 9 aromatic carbocycles. The van der Waals surface area contributed by atoms with E-state index in [4.69, 9.17) is 9.97 Å². The molecule has 0 fully saturated rings. The van der Waals surface area contributed by atoms with E-state index in [1.807, 2.05) is 18.2 Å². The Bertz CT molecular complexity index is 3340. The average Bonchev–Trinajstić information content (AvgIpc) is 3.63. The summed E-state index contributed by atoms with van der Waals surface area (Å²) in [6, 6.07) is 79.7. The van der Waals surface area contributed by atoms with E-state index in [9.17, 15) is 0 Å². The van der Waals surface area contributed by atoms with Crippen molar-refractivity contribution in [2.24, 2.45) is 0 Å². The van der Waals surface area contributed by atoms with Gasteiger partial charge < -0.3 is 0 Å². The van der Waals surface area contributed by atoms with E-state index in [1.165, 1.54) is 66.4 Å². The smallest absolute Gasteiger partial charge is 0.160 e. The molecule has 0 saturated carbocycles. The van der Waals surface area contributed by atoms with Gasteiger partial charge in [-0.1, -0.05) is 202 Å². The van der Waals surface area contributed by atoms with Crippen LogP contribution in [0.1, 0.15) is 47.2 Å². The van der Waals surface area contributed by atoms with Gasteiger partial charge in [0.1, 0.15) is 0 Å². The highest BCUT2D eigenvalue weighted by molar-refractivity contribution is 5.91. The maximum absolute atomic E-state index is 5.17. The Balaban J connectivity index is 0.958. The number of hydrogen-bond acceptors (Lipinski definition) is 2. The van der Waals surface area contributed by atoms with Gasteiger partial charge in [0, 0.05) is 22.1 Å². The van der Waals surface area contributed by atoms with Crippen LogP contribution >= 0.6 is 0 Å². The molecule has 0 radical (unpaired) electrons. The van der Waals surface area contributed by atoms with Crippen LogP contribution in [-0.2, 0) is 10.8 Å². The summed E-state index contributed by atoms with van der Waals surface area (Å²) in [7, 11) is 0. The highest BCUT2D eigenvalue weighted by atomic mass is 14.9. The monoisotopic (exact) mass is 790 g/mol. The molecule has 10 aromatic rings. The molecule has 2 aliphatic carbocycles. The van der Waals surface area contributed by atoms with Gasteiger partial charge in [0.05, 0.1) is 16.8 Å². The Morgan fingerprint density at radius 3 is 1.44 bits per heavy atom. The fourth-order valence-corrected chi connectivity index (χ4v) is 10.6. The van der Waals surface area contributed by atoms with E-state index in [0.29, 0.717) is 5.82 Å². The second-order valence-electron chi connectivity index (χ2n) is 17.3. The highest BCUT2D eigenvalue weighted by Gasteiger charge is 2.53. The first kappa shape index (κ1) is 36.2. The number of nitrogens with zero attached hydrogens (tertiary/aromatic N) is 2. The first-order valence-corrected chi connectivity index (χ1v) is 21.6. The molecular formula is C60H42N2. The minimum atomic E-state index is -0.398. The van der Waals surface area contributed by atoms with Crippen molar-refractivity contribution in [1.29, 1.82) is 0 Å². The van der Waals surface area contributed by atoms with Crippen molar-refractivity contribution in [2.45, 2.75) is 24.7 Å². The molecule has 12 rings (SSSR count). The predicted octanol–water partition coefficient (Wildman–Crippen LogP) is 15.0. The van der Waals surface area contributed by atoms with Gasteiger partial charge in [-0.2, -0.15) is 0 Å². The molecule has 0 saturated heterocycles.